The van der Waals surface area contributed by atoms with Crippen molar-refractivity contribution in [1.82, 2.24) is 9.55 Å². The molecule has 0 radical (unpaired) electrons. The summed E-state index contributed by atoms with van der Waals surface area (Å²) in [6.07, 6.45) is 0. The predicted molar refractivity (Wildman–Crippen MR) is 106 cm³/mol. The van der Waals surface area contributed by atoms with Crippen LogP contribution >= 0.6 is 0 Å². The first-order valence-electron chi connectivity index (χ1n) is 8.89. The van der Waals surface area contributed by atoms with Crippen molar-refractivity contribution in [2.75, 3.05) is 0 Å². The molecule has 0 aliphatic carbocycles. The molecule has 0 unspecified atom stereocenters. The Labute approximate surface area is 153 Å². The van der Waals surface area contributed by atoms with E-state index in [4.69, 9.17) is 9.72 Å². The smallest absolute Gasteiger partial charge is 0.148 e. The van der Waals surface area contributed by atoms with Gasteiger partial charge in [-0.3, -0.25) is 0 Å². The summed E-state index contributed by atoms with van der Waals surface area (Å²) in [7, 11) is 0. The number of rotatable bonds is 5. The van der Waals surface area contributed by atoms with E-state index < -0.39 is 0 Å². The standard InChI is InChI=1S/C23H22N2O/c1-17-9-8-14-22(18(17)2)26-16-23-24-20-12-6-7-13-21(20)25(23)15-19-10-4-3-5-11-19/h3-14H,15-16H2,1-2H3. The van der Waals surface area contributed by atoms with Crippen molar-refractivity contribution in [1.29, 1.82) is 0 Å². The Balaban J connectivity index is 1.68. The molecule has 0 spiro atoms. The molecule has 3 aromatic carbocycles. The molecule has 26 heavy (non-hydrogen) atoms. The number of hydrogen-bond donors (Lipinski definition) is 0. The van der Waals surface area contributed by atoms with E-state index in [0.717, 1.165) is 29.2 Å². The molecule has 130 valence electrons. The lowest BCUT2D eigenvalue weighted by molar-refractivity contribution is 0.289. The van der Waals surface area contributed by atoms with Crippen molar-refractivity contribution in [2.24, 2.45) is 0 Å². The zero-order valence-corrected chi connectivity index (χ0v) is 15.1. The summed E-state index contributed by atoms with van der Waals surface area (Å²) in [6, 6.07) is 24.9. The van der Waals surface area contributed by atoms with Crippen LogP contribution in [-0.2, 0) is 13.2 Å². The number of aromatic nitrogens is 2. The molecule has 0 N–H and O–H groups in total. The van der Waals surface area contributed by atoms with Crippen LogP contribution in [0.25, 0.3) is 11.0 Å². The number of benzene rings is 3. The van der Waals surface area contributed by atoms with Crippen LogP contribution in [0.3, 0.4) is 0 Å². The van der Waals surface area contributed by atoms with Crippen molar-refractivity contribution >= 4 is 11.0 Å². The molecule has 0 aliphatic rings. The lowest BCUT2D eigenvalue weighted by Crippen LogP contribution is -2.09. The number of ether oxygens (including phenoxy) is 1. The quantitative estimate of drug-likeness (QED) is 0.493. The second-order valence-corrected chi connectivity index (χ2v) is 6.58. The lowest BCUT2D eigenvalue weighted by Gasteiger charge is -2.13. The largest absolute Gasteiger partial charge is 0.485 e. The summed E-state index contributed by atoms with van der Waals surface area (Å²) < 4.78 is 8.37. The van der Waals surface area contributed by atoms with Crippen LogP contribution < -0.4 is 4.74 Å². The van der Waals surface area contributed by atoms with E-state index in [1.165, 1.54) is 16.7 Å². The van der Waals surface area contributed by atoms with Crippen LogP contribution in [0.4, 0.5) is 0 Å². The molecule has 0 bridgehead atoms. The molecule has 3 nitrogen and oxygen atoms in total. The maximum absolute atomic E-state index is 6.13. The van der Waals surface area contributed by atoms with Gasteiger partial charge in [0.1, 0.15) is 18.2 Å². The van der Waals surface area contributed by atoms with Gasteiger partial charge >= 0.3 is 0 Å². The van der Waals surface area contributed by atoms with Crippen molar-refractivity contribution in [3.8, 4) is 5.75 Å². The maximum atomic E-state index is 6.13. The predicted octanol–water partition coefficient (Wildman–Crippen LogP) is 5.28. The van der Waals surface area contributed by atoms with Crippen LogP contribution in [0.2, 0.25) is 0 Å². The number of hydrogen-bond acceptors (Lipinski definition) is 2. The van der Waals surface area contributed by atoms with Gasteiger partial charge in [-0.05, 0) is 48.7 Å². The monoisotopic (exact) mass is 342 g/mol. The highest BCUT2D eigenvalue weighted by Gasteiger charge is 2.12. The fraction of sp³-hybridized carbons (Fsp3) is 0.174. The third-order valence-electron chi connectivity index (χ3n) is 4.83. The van der Waals surface area contributed by atoms with Gasteiger partial charge in [-0.1, -0.05) is 54.6 Å². The third-order valence-corrected chi connectivity index (χ3v) is 4.83. The van der Waals surface area contributed by atoms with Crippen LogP contribution in [0.15, 0.2) is 72.8 Å². The Morgan fingerprint density at radius 3 is 2.46 bits per heavy atom. The normalized spacial score (nSPS) is 11.0. The highest BCUT2D eigenvalue weighted by atomic mass is 16.5. The molecule has 3 heteroatoms. The molecule has 0 saturated heterocycles. The second-order valence-electron chi connectivity index (χ2n) is 6.58. The fourth-order valence-electron chi connectivity index (χ4n) is 3.20. The zero-order valence-electron chi connectivity index (χ0n) is 15.1. The summed E-state index contributed by atoms with van der Waals surface area (Å²) >= 11 is 0. The Hall–Kier alpha value is -3.07. The molecule has 1 heterocycles. The first-order valence-corrected chi connectivity index (χ1v) is 8.89. The Morgan fingerprint density at radius 2 is 1.62 bits per heavy atom. The minimum absolute atomic E-state index is 0.450. The van der Waals surface area contributed by atoms with Crippen LogP contribution in [-0.4, -0.2) is 9.55 Å². The average Bonchev–Trinajstić information content (AvgIpc) is 3.01. The minimum Gasteiger partial charge on any atom is -0.485 e. The highest BCUT2D eigenvalue weighted by molar-refractivity contribution is 5.76. The summed E-state index contributed by atoms with van der Waals surface area (Å²) in [6.45, 7) is 5.43. The van der Waals surface area contributed by atoms with Crippen molar-refractivity contribution in [3.63, 3.8) is 0 Å². The van der Waals surface area contributed by atoms with E-state index in [-0.39, 0.29) is 0 Å². The Kier molecular flexibility index (Phi) is 4.44. The van der Waals surface area contributed by atoms with Gasteiger partial charge in [0.25, 0.3) is 0 Å². The molecule has 0 fully saturated rings. The Morgan fingerprint density at radius 1 is 0.846 bits per heavy atom. The van der Waals surface area contributed by atoms with Crippen molar-refractivity contribution in [2.45, 2.75) is 27.0 Å². The number of aryl methyl sites for hydroxylation is 1. The van der Waals surface area contributed by atoms with Gasteiger partial charge in [-0.2, -0.15) is 0 Å². The lowest BCUT2D eigenvalue weighted by atomic mass is 10.1. The van der Waals surface area contributed by atoms with Gasteiger partial charge in [0.05, 0.1) is 11.0 Å². The van der Waals surface area contributed by atoms with Gasteiger partial charge in [-0.25, -0.2) is 4.98 Å². The Bertz CT molecular complexity index is 1030. The molecular weight excluding hydrogens is 320 g/mol. The van der Waals surface area contributed by atoms with E-state index in [2.05, 4.69) is 66.9 Å². The first kappa shape index (κ1) is 16.4. The average molecular weight is 342 g/mol. The van der Waals surface area contributed by atoms with E-state index in [1.807, 2.05) is 24.3 Å². The molecule has 1 aromatic heterocycles. The topological polar surface area (TPSA) is 27.1 Å². The van der Waals surface area contributed by atoms with E-state index in [9.17, 15) is 0 Å². The minimum atomic E-state index is 0.450. The molecular formula is C23H22N2O. The van der Waals surface area contributed by atoms with Gasteiger partial charge in [-0.15, -0.1) is 0 Å². The van der Waals surface area contributed by atoms with Crippen molar-refractivity contribution < 1.29 is 4.74 Å². The molecule has 0 aliphatic heterocycles. The van der Waals surface area contributed by atoms with E-state index in [1.54, 1.807) is 0 Å². The molecule has 4 aromatic rings. The van der Waals surface area contributed by atoms with Crippen LogP contribution in [0.1, 0.15) is 22.5 Å². The van der Waals surface area contributed by atoms with E-state index >= 15 is 0 Å². The molecule has 0 atom stereocenters. The number of nitrogens with zero attached hydrogens (tertiary/aromatic N) is 2. The summed E-state index contributed by atoms with van der Waals surface area (Å²) in [5.74, 6) is 1.86. The van der Waals surface area contributed by atoms with Crippen molar-refractivity contribution in [3.05, 3.63) is 95.3 Å². The molecule has 0 saturated carbocycles. The fourth-order valence-corrected chi connectivity index (χ4v) is 3.20. The van der Waals surface area contributed by atoms with E-state index in [0.29, 0.717) is 6.61 Å². The van der Waals surface area contributed by atoms with Crippen LogP contribution in [0, 0.1) is 13.8 Å². The summed E-state index contributed by atoms with van der Waals surface area (Å²) in [5, 5.41) is 0. The maximum Gasteiger partial charge on any atom is 0.148 e. The third kappa shape index (κ3) is 3.21. The summed E-state index contributed by atoms with van der Waals surface area (Å²) in [5.41, 5.74) is 5.81. The highest BCUT2D eigenvalue weighted by Crippen LogP contribution is 2.23. The second kappa shape index (κ2) is 7.04. The van der Waals surface area contributed by atoms with Crippen LogP contribution in [0.5, 0.6) is 5.75 Å². The summed E-state index contributed by atoms with van der Waals surface area (Å²) in [4.78, 5) is 4.81. The SMILES string of the molecule is Cc1cccc(OCc2nc3ccccc3n2Cc2ccccc2)c1C. The first-order chi connectivity index (χ1) is 12.7. The van der Waals surface area contributed by atoms with Gasteiger partial charge in [0.15, 0.2) is 0 Å². The zero-order chi connectivity index (χ0) is 17.9. The number of para-hydroxylation sites is 2. The molecule has 0 amide bonds. The van der Waals surface area contributed by atoms with Gasteiger partial charge < -0.3 is 9.30 Å². The molecule has 4 rings (SSSR count). The number of fused-ring (bicyclic) bond motifs is 1. The van der Waals surface area contributed by atoms with Gasteiger partial charge in [0, 0.05) is 6.54 Å². The number of imidazole rings is 1. The van der Waals surface area contributed by atoms with Gasteiger partial charge in [0.2, 0.25) is 0 Å².